The highest BCUT2D eigenvalue weighted by molar-refractivity contribution is 5.99. The van der Waals surface area contributed by atoms with Gasteiger partial charge in [-0.25, -0.2) is 0 Å². The van der Waals surface area contributed by atoms with Gasteiger partial charge in [0.15, 0.2) is 0 Å². The van der Waals surface area contributed by atoms with Crippen LogP contribution in [0.4, 0.5) is 11.4 Å². The maximum Gasteiger partial charge on any atom is 0.228 e. The summed E-state index contributed by atoms with van der Waals surface area (Å²) in [6, 6.07) is 21.6. The molecule has 0 radical (unpaired) electrons. The van der Waals surface area contributed by atoms with E-state index in [4.69, 9.17) is 9.73 Å². The molecule has 3 heteroatoms. The van der Waals surface area contributed by atoms with E-state index in [1.807, 2.05) is 0 Å². The van der Waals surface area contributed by atoms with Crippen LogP contribution < -0.4 is 9.64 Å². The number of anilines is 1. The summed E-state index contributed by atoms with van der Waals surface area (Å²) in [6.07, 6.45) is 24.3. The van der Waals surface area contributed by atoms with E-state index in [2.05, 4.69) is 92.5 Å². The molecule has 0 bridgehead atoms. The maximum atomic E-state index is 7.05. The molecular formula is C39H54N2O. The summed E-state index contributed by atoms with van der Waals surface area (Å²) in [4.78, 5) is 7.63. The van der Waals surface area contributed by atoms with Crippen LogP contribution in [0.15, 0.2) is 65.7 Å². The molecule has 3 nitrogen and oxygen atoms in total. The Labute approximate surface area is 255 Å². The average Bonchev–Trinajstić information content (AvgIpc) is 3.19. The molecule has 2 heterocycles. The predicted molar refractivity (Wildman–Crippen MR) is 182 cm³/mol. The number of para-hydroxylation sites is 1. The van der Waals surface area contributed by atoms with E-state index >= 15 is 0 Å². The Morgan fingerprint density at radius 1 is 0.643 bits per heavy atom. The SMILES string of the molecule is CCCCCCCCCCCCCCCCCCN1c2ccccc2C(C)(C)C12C=Nc1c(ccc3ccccc13)O2. The number of benzene rings is 3. The van der Waals surface area contributed by atoms with E-state index in [1.165, 1.54) is 119 Å². The Balaban J connectivity index is 1.10. The summed E-state index contributed by atoms with van der Waals surface area (Å²) < 4.78 is 7.05. The van der Waals surface area contributed by atoms with Crippen molar-refractivity contribution in [1.82, 2.24) is 0 Å². The van der Waals surface area contributed by atoms with E-state index < -0.39 is 5.72 Å². The molecule has 226 valence electrons. The first-order valence-corrected chi connectivity index (χ1v) is 17.2. The number of hydrogen-bond acceptors (Lipinski definition) is 3. The van der Waals surface area contributed by atoms with Crippen LogP contribution in [-0.2, 0) is 5.41 Å². The normalized spacial score (nSPS) is 18.4. The molecule has 2 aliphatic heterocycles. The second-order valence-corrected chi connectivity index (χ2v) is 13.3. The van der Waals surface area contributed by atoms with Gasteiger partial charge in [0, 0.05) is 17.6 Å². The quantitative estimate of drug-likeness (QED) is 0.152. The molecule has 5 rings (SSSR count). The third-order valence-electron chi connectivity index (χ3n) is 9.90. The van der Waals surface area contributed by atoms with Crippen molar-refractivity contribution in [2.45, 2.75) is 135 Å². The van der Waals surface area contributed by atoms with E-state index in [-0.39, 0.29) is 5.41 Å². The van der Waals surface area contributed by atoms with Gasteiger partial charge >= 0.3 is 0 Å². The van der Waals surface area contributed by atoms with E-state index in [0.29, 0.717) is 0 Å². The van der Waals surface area contributed by atoms with E-state index in [1.54, 1.807) is 0 Å². The zero-order chi connectivity index (χ0) is 29.3. The van der Waals surface area contributed by atoms with Gasteiger partial charge in [-0.3, -0.25) is 4.99 Å². The Hall–Kier alpha value is -2.81. The molecule has 0 aliphatic carbocycles. The van der Waals surface area contributed by atoms with Gasteiger partial charge in [0.05, 0.1) is 11.6 Å². The van der Waals surface area contributed by atoms with Crippen molar-refractivity contribution in [3.8, 4) is 5.75 Å². The first-order chi connectivity index (χ1) is 20.6. The summed E-state index contributed by atoms with van der Waals surface area (Å²) in [5, 5.41) is 2.35. The van der Waals surface area contributed by atoms with Crippen LogP contribution in [-0.4, -0.2) is 18.5 Å². The van der Waals surface area contributed by atoms with Gasteiger partial charge in [0.2, 0.25) is 5.72 Å². The van der Waals surface area contributed by atoms with Gasteiger partial charge in [-0.2, -0.15) is 0 Å². The summed E-state index contributed by atoms with van der Waals surface area (Å²) in [6.45, 7) is 7.91. The van der Waals surface area contributed by atoms with Crippen molar-refractivity contribution in [2.75, 3.05) is 11.4 Å². The second kappa shape index (κ2) is 14.6. The Kier molecular flexibility index (Phi) is 10.6. The number of aliphatic imine (C=N–C) groups is 1. The van der Waals surface area contributed by atoms with Crippen molar-refractivity contribution < 1.29 is 4.74 Å². The predicted octanol–water partition coefficient (Wildman–Crippen LogP) is 11.7. The molecule has 0 fully saturated rings. The number of rotatable bonds is 17. The van der Waals surface area contributed by atoms with Crippen LogP contribution in [0.3, 0.4) is 0 Å². The maximum absolute atomic E-state index is 7.05. The standard InChI is InChI=1S/C39H54N2O/c1-4-5-6-7-8-9-10-11-12-13-14-15-16-17-18-23-30-41-35-27-22-21-26-34(35)38(2,3)39(41)31-40-37-33-25-20-19-24-32(33)28-29-36(37)42-39/h19-22,24-29,31H,4-18,23,30H2,1-3H3. The third-order valence-corrected chi connectivity index (χ3v) is 9.90. The lowest BCUT2D eigenvalue weighted by molar-refractivity contribution is 0.0774. The fourth-order valence-electron chi connectivity index (χ4n) is 7.26. The van der Waals surface area contributed by atoms with Crippen LogP contribution in [0.25, 0.3) is 10.8 Å². The molecule has 1 spiro atoms. The first kappa shape index (κ1) is 30.6. The van der Waals surface area contributed by atoms with Gasteiger partial charge in [0.25, 0.3) is 0 Å². The molecular weight excluding hydrogens is 512 g/mol. The molecule has 0 saturated heterocycles. The fourth-order valence-corrected chi connectivity index (χ4v) is 7.26. The zero-order valence-corrected chi connectivity index (χ0v) is 26.7. The van der Waals surface area contributed by atoms with Gasteiger partial charge in [-0.05, 0) is 43.4 Å². The van der Waals surface area contributed by atoms with Crippen molar-refractivity contribution in [3.63, 3.8) is 0 Å². The summed E-state index contributed by atoms with van der Waals surface area (Å²) in [7, 11) is 0. The molecule has 0 aromatic heterocycles. The van der Waals surface area contributed by atoms with Crippen molar-refractivity contribution in [3.05, 3.63) is 66.2 Å². The molecule has 42 heavy (non-hydrogen) atoms. The fraction of sp³-hybridized carbons (Fsp3) is 0.564. The van der Waals surface area contributed by atoms with Crippen molar-refractivity contribution in [2.24, 2.45) is 4.99 Å². The van der Waals surface area contributed by atoms with E-state index in [0.717, 1.165) is 23.4 Å². The van der Waals surface area contributed by atoms with Crippen LogP contribution in [0.5, 0.6) is 5.75 Å². The average molecular weight is 567 g/mol. The molecule has 3 aromatic carbocycles. The summed E-state index contributed by atoms with van der Waals surface area (Å²) >= 11 is 0. The monoisotopic (exact) mass is 566 g/mol. The zero-order valence-electron chi connectivity index (χ0n) is 26.7. The van der Waals surface area contributed by atoms with Gasteiger partial charge in [-0.15, -0.1) is 0 Å². The Morgan fingerprint density at radius 3 is 1.88 bits per heavy atom. The van der Waals surface area contributed by atoms with Crippen LogP contribution in [0, 0.1) is 0 Å². The topological polar surface area (TPSA) is 24.8 Å². The van der Waals surface area contributed by atoms with Crippen LogP contribution >= 0.6 is 0 Å². The number of hydrogen-bond donors (Lipinski definition) is 0. The minimum atomic E-state index is -0.623. The molecule has 1 unspecified atom stereocenters. The van der Waals surface area contributed by atoms with Gasteiger partial charge in [-0.1, -0.05) is 152 Å². The largest absolute Gasteiger partial charge is 0.459 e. The minimum absolute atomic E-state index is 0.231. The molecule has 3 aromatic rings. The summed E-state index contributed by atoms with van der Waals surface area (Å²) in [5.41, 5.74) is 2.73. The number of fused-ring (bicyclic) bond motifs is 4. The highest BCUT2D eigenvalue weighted by Crippen LogP contribution is 2.54. The smallest absolute Gasteiger partial charge is 0.228 e. The summed E-state index contributed by atoms with van der Waals surface area (Å²) in [5.74, 6) is 0.883. The Bertz CT molecular complexity index is 1310. The molecule has 2 aliphatic rings. The minimum Gasteiger partial charge on any atom is -0.459 e. The lowest BCUT2D eigenvalue weighted by Gasteiger charge is -2.46. The Morgan fingerprint density at radius 2 is 1.21 bits per heavy atom. The van der Waals surface area contributed by atoms with Crippen LogP contribution in [0.2, 0.25) is 0 Å². The van der Waals surface area contributed by atoms with Crippen molar-refractivity contribution >= 4 is 28.4 Å². The third kappa shape index (κ3) is 6.56. The number of unbranched alkanes of at least 4 members (excludes halogenated alkanes) is 15. The molecule has 0 N–H and O–H groups in total. The lowest BCUT2D eigenvalue weighted by atomic mass is 9.77. The van der Waals surface area contributed by atoms with Gasteiger partial charge < -0.3 is 9.64 Å². The van der Waals surface area contributed by atoms with Gasteiger partial charge in [0.1, 0.15) is 11.4 Å². The molecule has 0 saturated carbocycles. The van der Waals surface area contributed by atoms with Crippen molar-refractivity contribution in [1.29, 1.82) is 0 Å². The highest BCUT2D eigenvalue weighted by Gasteiger charge is 2.59. The second-order valence-electron chi connectivity index (χ2n) is 13.3. The first-order valence-electron chi connectivity index (χ1n) is 17.2. The number of nitrogens with zero attached hydrogens (tertiary/aromatic N) is 2. The van der Waals surface area contributed by atoms with Crippen LogP contribution in [0.1, 0.15) is 129 Å². The lowest BCUT2D eigenvalue weighted by Crippen LogP contribution is -2.62. The molecule has 0 amide bonds. The molecule has 1 atom stereocenters. The highest BCUT2D eigenvalue weighted by atomic mass is 16.5. The van der Waals surface area contributed by atoms with E-state index in [9.17, 15) is 0 Å². The number of ether oxygens (including phenoxy) is 1.